The molecule has 1 fully saturated rings. The van der Waals surface area contributed by atoms with Crippen molar-refractivity contribution in [2.75, 3.05) is 18.0 Å². The number of nitrogens with one attached hydrogen (secondary N) is 1. The van der Waals surface area contributed by atoms with Gasteiger partial charge in [-0.2, -0.15) is 0 Å². The van der Waals surface area contributed by atoms with Gasteiger partial charge in [-0.15, -0.1) is 0 Å². The Labute approximate surface area is 117 Å². The van der Waals surface area contributed by atoms with Crippen LogP contribution in [-0.4, -0.2) is 25.2 Å². The van der Waals surface area contributed by atoms with Crippen molar-refractivity contribution in [3.8, 4) is 0 Å². The molecule has 1 aromatic rings. The van der Waals surface area contributed by atoms with Crippen molar-refractivity contribution in [1.29, 1.82) is 0 Å². The standard InChI is InChI=1S/C14H20BrFN2/c1-10(2)17-11-4-3-7-18(9-11)12-5-6-13(15)14(16)8-12/h5-6,8,10-11,17H,3-4,7,9H2,1-2H3. The molecule has 0 aliphatic carbocycles. The van der Waals surface area contributed by atoms with Gasteiger partial charge < -0.3 is 10.2 Å². The zero-order valence-electron chi connectivity index (χ0n) is 10.9. The molecule has 18 heavy (non-hydrogen) atoms. The van der Waals surface area contributed by atoms with Gasteiger partial charge in [0.25, 0.3) is 0 Å². The van der Waals surface area contributed by atoms with Gasteiger partial charge in [0.15, 0.2) is 0 Å². The van der Waals surface area contributed by atoms with Crippen LogP contribution in [0.3, 0.4) is 0 Å². The van der Waals surface area contributed by atoms with Gasteiger partial charge in [0.2, 0.25) is 0 Å². The average molecular weight is 315 g/mol. The fourth-order valence-corrected chi connectivity index (χ4v) is 2.75. The molecule has 4 heteroatoms. The first kappa shape index (κ1) is 13.8. The number of hydrogen-bond acceptors (Lipinski definition) is 2. The lowest BCUT2D eigenvalue weighted by molar-refractivity contribution is 0.394. The topological polar surface area (TPSA) is 15.3 Å². The van der Waals surface area contributed by atoms with Crippen LogP contribution in [-0.2, 0) is 0 Å². The van der Waals surface area contributed by atoms with E-state index in [1.54, 1.807) is 12.1 Å². The van der Waals surface area contributed by atoms with E-state index in [2.05, 4.69) is 40.0 Å². The number of anilines is 1. The Morgan fingerprint density at radius 1 is 1.44 bits per heavy atom. The maximum absolute atomic E-state index is 13.6. The Morgan fingerprint density at radius 2 is 2.22 bits per heavy atom. The van der Waals surface area contributed by atoms with Crippen LogP contribution in [0.25, 0.3) is 0 Å². The smallest absolute Gasteiger partial charge is 0.139 e. The molecule has 1 aliphatic rings. The van der Waals surface area contributed by atoms with Gasteiger partial charge in [0.05, 0.1) is 4.47 Å². The second-order valence-electron chi connectivity index (χ2n) is 5.20. The molecule has 0 spiro atoms. The fourth-order valence-electron chi connectivity index (χ4n) is 2.50. The minimum atomic E-state index is -0.188. The molecular formula is C14H20BrFN2. The largest absolute Gasteiger partial charge is 0.370 e. The SMILES string of the molecule is CC(C)NC1CCCN(c2ccc(Br)c(F)c2)C1. The summed E-state index contributed by atoms with van der Waals surface area (Å²) in [7, 11) is 0. The summed E-state index contributed by atoms with van der Waals surface area (Å²) < 4.78 is 14.1. The molecule has 100 valence electrons. The van der Waals surface area contributed by atoms with Gasteiger partial charge in [0, 0.05) is 30.9 Å². The Bertz CT molecular complexity index is 409. The summed E-state index contributed by atoms with van der Waals surface area (Å²) in [6, 6.07) is 6.37. The molecule has 1 aromatic carbocycles. The molecule has 1 atom stereocenters. The summed E-state index contributed by atoms with van der Waals surface area (Å²) in [6.07, 6.45) is 2.36. The summed E-state index contributed by atoms with van der Waals surface area (Å²) >= 11 is 3.19. The molecule has 1 saturated heterocycles. The second-order valence-corrected chi connectivity index (χ2v) is 6.06. The van der Waals surface area contributed by atoms with Crippen LogP contribution in [0.5, 0.6) is 0 Å². The number of rotatable bonds is 3. The maximum atomic E-state index is 13.6. The zero-order chi connectivity index (χ0) is 13.1. The van der Waals surface area contributed by atoms with Gasteiger partial charge in [-0.05, 0) is 47.0 Å². The summed E-state index contributed by atoms with van der Waals surface area (Å²) in [5, 5.41) is 3.56. The molecule has 1 heterocycles. The molecule has 2 rings (SSSR count). The second kappa shape index (κ2) is 6.02. The Balaban J connectivity index is 2.05. The molecular weight excluding hydrogens is 295 g/mol. The number of benzene rings is 1. The molecule has 1 unspecified atom stereocenters. The van der Waals surface area contributed by atoms with Crippen LogP contribution in [0.4, 0.5) is 10.1 Å². The third-order valence-corrected chi connectivity index (χ3v) is 3.90. The number of halogens is 2. The Morgan fingerprint density at radius 3 is 2.89 bits per heavy atom. The number of piperidine rings is 1. The number of nitrogens with zero attached hydrogens (tertiary/aromatic N) is 1. The van der Waals surface area contributed by atoms with Crippen LogP contribution in [0.2, 0.25) is 0 Å². The van der Waals surface area contributed by atoms with Gasteiger partial charge in [-0.25, -0.2) is 4.39 Å². The lowest BCUT2D eigenvalue weighted by atomic mass is 10.0. The first-order valence-corrected chi connectivity index (χ1v) is 7.31. The van der Waals surface area contributed by atoms with Gasteiger partial charge >= 0.3 is 0 Å². The van der Waals surface area contributed by atoms with Crippen LogP contribution in [0.1, 0.15) is 26.7 Å². The monoisotopic (exact) mass is 314 g/mol. The molecule has 1 N–H and O–H groups in total. The predicted octanol–water partition coefficient (Wildman–Crippen LogP) is 3.56. The van der Waals surface area contributed by atoms with Crippen molar-refractivity contribution in [3.63, 3.8) is 0 Å². The maximum Gasteiger partial charge on any atom is 0.139 e. The van der Waals surface area contributed by atoms with E-state index >= 15 is 0 Å². The van der Waals surface area contributed by atoms with E-state index in [-0.39, 0.29) is 5.82 Å². The highest BCUT2D eigenvalue weighted by Gasteiger charge is 2.20. The summed E-state index contributed by atoms with van der Waals surface area (Å²) in [5.74, 6) is -0.188. The van der Waals surface area contributed by atoms with Crippen molar-refractivity contribution in [2.45, 2.75) is 38.8 Å². The predicted molar refractivity (Wildman–Crippen MR) is 77.6 cm³/mol. The molecule has 0 aromatic heterocycles. The quantitative estimate of drug-likeness (QED) is 0.917. The lowest BCUT2D eigenvalue weighted by Gasteiger charge is -2.35. The number of hydrogen-bond donors (Lipinski definition) is 1. The molecule has 1 aliphatic heterocycles. The van der Waals surface area contributed by atoms with Crippen molar-refractivity contribution < 1.29 is 4.39 Å². The fraction of sp³-hybridized carbons (Fsp3) is 0.571. The van der Waals surface area contributed by atoms with Crippen LogP contribution in [0, 0.1) is 5.82 Å². The highest BCUT2D eigenvalue weighted by atomic mass is 79.9. The van der Waals surface area contributed by atoms with Crippen molar-refractivity contribution in [1.82, 2.24) is 5.32 Å². The van der Waals surface area contributed by atoms with E-state index in [0.717, 1.165) is 25.2 Å². The minimum absolute atomic E-state index is 0.188. The molecule has 0 amide bonds. The first-order chi connectivity index (χ1) is 8.56. The average Bonchev–Trinajstić information content (AvgIpc) is 2.32. The summed E-state index contributed by atoms with van der Waals surface area (Å²) in [4.78, 5) is 2.26. The van der Waals surface area contributed by atoms with Gasteiger partial charge in [-0.3, -0.25) is 0 Å². The van der Waals surface area contributed by atoms with E-state index in [1.165, 1.54) is 6.42 Å². The first-order valence-electron chi connectivity index (χ1n) is 6.52. The van der Waals surface area contributed by atoms with Crippen LogP contribution < -0.4 is 10.2 Å². The summed E-state index contributed by atoms with van der Waals surface area (Å²) in [5.41, 5.74) is 0.978. The third-order valence-electron chi connectivity index (χ3n) is 3.26. The molecule has 2 nitrogen and oxygen atoms in total. The normalized spacial score (nSPS) is 20.5. The Hall–Kier alpha value is -0.610. The van der Waals surface area contributed by atoms with Gasteiger partial charge in [-0.1, -0.05) is 13.8 Å². The lowest BCUT2D eigenvalue weighted by Crippen LogP contribution is -2.47. The highest BCUT2D eigenvalue weighted by Crippen LogP contribution is 2.25. The van der Waals surface area contributed by atoms with Crippen LogP contribution in [0.15, 0.2) is 22.7 Å². The third kappa shape index (κ3) is 3.45. The van der Waals surface area contributed by atoms with Crippen molar-refractivity contribution in [3.05, 3.63) is 28.5 Å². The molecule has 0 bridgehead atoms. The van der Waals surface area contributed by atoms with Gasteiger partial charge in [0.1, 0.15) is 5.82 Å². The van der Waals surface area contributed by atoms with E-state index in [1.807, 2.05) is 6.07 Å². The van der Waals surface area contributed by atoms with E-state index < -0.39 is 0 Å². The van der Waals surface area contributed by atoms with E-state index in [0.29, 0.717) is 16.6 Å². The Kier molecular flexibility index (Phi) is 4.62. The van der Waals surface area contributed by atoms with Crippen molar-refractivity contribution in [2.24, 2.45) is 0 Å². The van der Waals surface area contributed by atoms with E-state index in [9.17, 15) is 4.39 Å². The van der Waals surface area contributed by atoms with Crippen molar-refractivity contribution >= 4 is 21.6 Å². The highest BCUT2D eigenvalue weighted by molar-refractivity contribution is 9.10. The zero-order valence-corrected chi connectivity index (χ0v) is 12.5. The molecule has 0 radical (unpaired) electrons. The summed E-state index contributed by atoms with van der Waals surface area (Å²) in [6.45, 7) is 6.30. The molecule has 0 saturated carbocycles. The van der Waals surface area contributed by atoms with E-state index in [4.69, 9.17) is 0 Å². The van der Waals surface area contributed by atoms with Crippen LogP contribution >= 0.6 is 15.9 Å². The minimum Gasteiger partial charge on any atom is -0.370 e.